The molecule has 2 aliphatic heterocycles. The molecule has 0 radical (unpaired) electrons. The molecule has 0 bridgehead atoms. The Morgan fingerprint density at radius 1 is 1.06 bits per heavy atom. The molecule has 2 aromatic carbocycles. The number of amides is 2. The van der Waals surface area contributed by atoms with Gasteiger partial charge in [-0.15, -0.1) is 0 Å². The molecule has 1 fully saturated rings. The molecule has 8 heteroatoms. The summed E-state index contributed by atoms with van der Waals surface area (Å²) < 4.78 is 0. The summed E-state index contributed by atoms with van der Waals surface area (Å²) in [5, 5.41) is 10.2. The van der Waals surface area contributed by atoms with E-state index in [1.807, 2.05) is 66.4 Å². The van der Waals surface area contributed by atoms with Crippen LogP contribution in [0.25, 0.3) is 0 Å². The Morgan fingerprint density at radius 2 is 1.80 bits per heavy atom. The normalized spacial score (nSPS) is 18.9. The molecule has 2 atom stereocenters. The molecule has 0 aliphatic carbocycles. The van der Waals surface area contributed by atoms with Gasteiger partial charge in [-0.1, -0.05) is 30.3 Å². The van der Waals surface area contributed by atoms with Crippen LogP contribution in [0.2, 0.25) is 0 Å². The van der Waals surface area contributed by atoms with Gasteiger partial charge < -0.3 is 20.0 Å². The monoisotopic (exact) mass is 472 g/mol. The van der Waals surface area contributed by atoms with Crippen molar-refractivity contribution in [1.82, 2.24) is 20.0 Å². The van der Waals surface area contributed by atoms with Crippen molar-refractivity contribution in [1.29, 1.82) is 0 Å². The third kappa shape index (κ3) is 4.66. The fourth-order valence-electron chi connectivity index (χ4n) is 4.84. The Hall–Kier alpha value is -3.65. The average Bonchev–Trinajstić information content (AvgIpc) is 3.47. The minimum atomic E-state index is -0.229. The molecule has 1 aromatic heterocycles. The largest absolute Gasteiger partial charge is 0.369 e. The zero-order valence-corrected chi connectivity index (χ0v) is 20.5. The van der Waals surface area contributed by atoms with Crippen molar-refractivity contribution in [3.05, 3.63) is 77.0 Å². The number of hydrogen-bond acceptors (Lipinski definition) is 5. The Kier molecular flexibility index (Phi) is 6.30. The number of hydrogen-bond donors (Lipinski definition) is 2. The summed E-state index contributed by atoms with van der Waals surface area (Å²) in [5.74, 6) is 0.115. The molecule has 0 spiro atoms. The number of anilines is 2. The Morgan fingerprint density at radius 3 is 2.51 bits per heavy atom. The lowest BCUT2D eigenvalue weighted by Crippen LogP contribution is -2.50. The fourth-order valence-corrected chi connectivity index (χ4v) is 4.84. The molecule has 2 amide bonds. The van der Waals surface area contributed by atoms with Crippen LogP contribution in [0.5, 0.6) is 0 Å². The van der Waals surface area contributed by atoms with E-state index in [1.54, 1.807) is 0 Å². The lowest BCUT2D eigenvalue weighted by Gasteiger charge is -2.39. The molecular weight excluding hydrogens is 440 g/mol. The van der Waals surface area contributed by atoms with Crippen LogP contribution < -0.4 is 10.2 Å². The van der Waals surface area contributed by atoms with Crippen molar-refractivity contribution in [2.24, 2.45) is 0 Å². The summed E-state index contributed by atoms with van der Waals surface area (Å²) in [6.45, 7) is 8.02. The van der Waals surface area contributed by atoms with Crippen LogP contribution in [0.1, 0.15) is 46.9 Å². The van der Waals surface area contributed by atoms with E-state index < -0.39 is 0 Å². The number of aromatic amines is 1. The lowest BCUT2D eigenvalue weighted by atomic mass is 10.00. The van der Waals surface area contributed by atoms with Crippen LogP contribution in [0.4, 0.5) is 11.5 Å². The molecular formula is C27H32N6O2. The summed E-state index contributed by atoms with van der Waals surface area (Å²) in [6.07, 6.45) is 0. The van der Waals surface area contributed by atoms with Gasteiger partial charge in [0.15, 0.2) is 5.82 Å². The number of rotatable bonds is 5. The predicted molar refractivity (Wildman–Crippen MR) is 136 cm³/mol. The van der Waals surface area contributed by atoms with Crippen molar-refractivity contribution in [3.8, 4) is 0 Å². The van der Waals surface area contributed by atoms with Crippen LogP contribution in [0.15, 0.2) is 54.6 Å². The van der Waals surface area contributed by atoms with Crippen molar-refractivity contribution < 1.29 is 9.59 Å². The molecule has 3 heterocycles. The third-order valence-corrected chi connectivity index (χ3v) is 7.32. The van der Waals surface area contributed by atoms with E-state index in [1.165, 1.54) is 0 Å². The number of piperazine rings is 1. The van der Waals surface area contributed by atoms with E-state index in [4.69, 9.17) is 0 Å². The number of likely N-dealkylation sites (N-methyl/N-ethyl adjacent to an activating group) is 1. The molecule has 1 saturated heterocycles. The zero-order valence-electron chi connectivity index (χ0n) is 20.5. The minimum absolute atomic E-state index is 0.0619. The number of carbonyl (C=O) groups is 2. The van der Waals surface area contributed by atoms with Gasteiger partial charge in [0.1, 0.15) is 0 Å². The first-order chi connectivity index (χ1) is 16.9. The Balaban J connectivity index is 1.22. The number of nitrogens with one attached hydrogen (secondary N) is 2. The summed E-state index contributed by atoms with van der Waals surface area (Å²) in [5.41, 5.74) is 4.44. The highest BCUT2D eigenvalue weighted by molar-refractivity contribution is 6.04. The van der Waals surface area contributed by atoms with E-state index >= 15 is 0 Å². The molecule has 182 valence electrons. The first kappa shape index (κ1) is 23.1. The summed E-state index contributed by atoms with van der Waals surface area (Å²) >= 11 is 0. The molecule has 2 aliphatic rings. The maximum Gasteiger partial charge on any atom is 0.256 e. The summed E-state index contributed by atoms with van der Waals surface area (Å²) in [4.78, 5) is 32.5. The van der Waals surface area contributed by atoms with Crippen LogP contribution in [0.3, 0.4) is 0 Å². The van der Waals surface area contributed by atoms with Crippen LogP contribution >= 0.6 is 0 Å². The van der Waals surface area contributed by atoms with Crippen LogP contribution in [-0.2, 0) is 17.9 Å². The van der Waals surface area contributed by atoms with Crippen molar-refractivity contribution in [3.63, 3.8) is 0 Å². The molecule has 1 unspecified atom stereocenters. The maximum atomic E-state index is 13.1. The number of fused-ring (bicyclic) bond motifs is 1. The molecule has 2 N–H and O–H groups in total. The third-order valence-electron chi connectivity index (χ3n) is 7.32. The van der Waals surface area contributed by atoms with E-state index in [0.29, 0.717) is 30.5 Å². The zero-order chi connectivity index (χ0) is 24.5. The highest BCUT2D eigenvalue weighted by Gasteiger charge is 2.31. The topological polar surface area (TPSA) is 84.6 Å². The van der Waals surface area contributed by atoms with Gasteiger partial charge in [0.25, 0.3) is 5.91 Å². The van der Waals surface area contributed by atoms with Gasteiger partial charge in [0, 0.05) is 42.5 Å². The highest BCUT2D eigenvalue weighted by atomic mass is 16.2. The Bertz CT molecular complexity index is 1210. The number of nitrogens with zero attached hydrogens (tertiary/aromatic N) is 4. The SMILES string of the molecule is CC1CN(c2ccc(C(=O)Nc3n[nH]c4c3CN(C(=O)[C@H](C)c3ccccc3)C4)cc2)CCN1C. The van der Waals surface area contributed by atoms with Gasteiger partial charge >= 0.3 is 0 Å². The lowest BCUT2D eigenvalue weighted by molar-refractivity contribution is -0.133. The fraction of sp³-hybridized carbons (Fsp3) is 0.370. The van der Waals surface area contributed by atoms with Gasteiger partial charge in [-0.2, -0.15) is 5.10 Å². The van der Waals surface area contributed by atoms with Gasteiger partial charge in [0.05, 0.1) is 24.7 Å². The van der Waals surface area contributed by atoms with Crippen molar-refractivity contribution >= 4 is 23.3 Å². The second kappa shape index (κ2) is 9.54. The van der Waals surface area contributed by atoms with Crippen molar-refractivity contribution in [2.45, 2.75) is 38.9 Å². The minimum Gasteiger partial charge on any atom is -0.369 e. The molecule has 3 aromatic rings. The molecule has 35 heavy (non-hydrogen) atoms. The number of aromatic nitrogens is 2. The Labute approximate surface area is 205 Å². The first-order valence-electron chi connectivity index (χ1n) is 12.2. The predicted octanol–water partition coefficient (Wildman–Crippen LogP) is 3.45. The van der Waals surface area contributed by atoms with E-state index in [2.05, 4.69) is 39.3 Å². The second-order valence-corrected chi connectivity index (χ2v) is 9.63. The second-order valence-electron chi connectivity index (χ2n) is 9.63. The van der Waals surface area contributed by atoms with Gasteiger partial charge in [-0.25, -0.2) is 0 Å². The number of H-pyrrole nitrogens is 1. The van der Waals surface area contributed by atoms with Gasteiger partial charge in [0.2, 0.25) is 5.91 Å². The molecule has 8 nitrogen and oxygen atoms in total. The molecule has 5 rings (SSSR count). The van der Waals surface area contributed by atoms with E-state index in [-0.39, 0.29) is 17.7 Å². The van der Waals surface area contributed by atoms with Gasteiger partial charge in [-0.05, 0) is 50.7 Å². The van der Waals surface area contributed by atoms with E-state index in [9.17, 15) is 9.59 Å². The average molecular weight is 473 g/mol. The number of carbonyl (C=O) groups excluding carboxylic acids is 2. The quantitative estimate of drug-likeness (QED) is 0.594. The summed E-state index contributed by atoms with van der Waals surface area (Å²) in [7, 11) is 2.15. The standard InChI is InChI=1S/C27H32N6O2/c1-18-15-32(14-13-31(18)3)22-11-9-21(10-12-22)26(34)28-25-23-16-33(17-24(23)29-30-25)27(35)19(2)20-7-5-4-6-8-20/h4-12,18-19H,13-17H2,1-3H3,(H2,28,29,30,34)/t18?,19-/m1/s1. The van der Waals surface area contributed by atoms with Crippen LogP contribution in [0, 0.1) is 0 Å². The van der Waals surface area contributed by atoms with Crippen LogP contribution in [-0.4, -0.2) is 64.5 Å². The first-order valence-corrected chi connectivity index (χ1v) is 12.2. The van der Waals surface area contributed by atoms with E-state index in [0.717, 1.165) is 42.1 Å². The molecule has 0 saturated carbocycles. The van der Waals surface area contributed by atoms with Gasteiger partial charge in [-0.3, -0.25) is 14.7 Å². The summed E-state index contributed by atoms with van der Waals surface area (Å²) in [6, 6.07) is 18.0. The smallest absolute Gasteiger partial charge is 0.256 e. The highest BCUT2D eigenvalue weighted by Crippen LogP contribution is 2.30. The maximum absolute atomic E-state index is 13.1. The number of benzene rings is 2. The van der Waals surface area contributed by atoms with Crippen molar-refractivity contribution in [2.75, 3.05) is 36.9 Å².